The maximum absolute atomic E-state index is 5.84. The number of fused-ring (bicyclic) bond motifs is 1. The molecule has 2 aromatic rings. The number of hydrazine groups is 1. The molecule has 21 heavy (non-hydrogen) atoms. The minimum atomic E-state index is 0.283. The number of nitrogens with two attached hydrogens (primary N) is 1. The lowest BCUT2D eigenvalue weighted by molar-refractivity contribution is 0.315. The van der Waals surface area contributed by atoms with Crippen LogP contribution in [0.5, 0.6) is 0 Å². The van der Waals surface area contributed by atoms with E-state index in [1.807, 2.05) is 12.4 Å². The van der Waals surface area contributed by atoms with Crippen LogP contribution >= 0.6 is 0 Å². The maximum Gasteiger partial charge on any atom is 0.110 e. The summed E-state index contributed by atoms with van der Waals surface area (Å²) in [6, 6.07) is 9.06. The Morgan fingerprint density at radius 1 is 1.38 bits per heavy atom. The summed E-state index contributed by atoms with van der Waals surface area (Å²) < 4.78 is 2.20. The zero-order valence-electron chi connectivity index (χ0n) is 12.6. The van der Waals surface area contributed by atoms with Crippen molar-refractivity contribution in [1.82, 2.24) is 15.0 Å². The van der Waals surface area contributed by atoms with Gasteiger partial charge in [-0.3, -0.25) is 11.3 Å². The molecule has 112 valence electrons. The monoisotopic (exact) mass is 284 g/mol. The van der Waals surface area contributed by atoms with Gasteiger partial charge in [-0.15, -0.1) is 0 Å². The van der Waals surface area contributed by atoms with Crippen LogP contribution in [0.25, 0.3) is 0 Å². The summed E-state index contributed by atoms with van der Waals surface area (Å²) in [5.74, 6) is 7.54. The van der Waals surface area contributed by atoms with Gasteiger partial charge in [-0.2, -0.15) is 0 Å². The first-order chi connectivity index (χ1) is 10.3. The van der Waals surface area contributed by atoms with Gasteiger partial charge in [0.15, 0.2) is 0 Å². The van der Waals surface area contributed by atoms with Crippen LogP contribution in [0.2, 0.25) is 0 Å². The molecule has 1 aliphatic carbocycles. The third-order valence-electron chi connectivity index (χ3n) is 4.71. The van der Waals surface area contributed by atoms with Gasteiger partial charge in [0.1, 0.15) is 5.82 Å². The molecule has 0 radical (unpaired) electrons. The SMILES string of the molecule is CCn1ccnc1CC(NN)C1CCc2ccccc2C1. The summed E-state index contributed by atoms with van der Waals surface area (Å²) in [6.07, 6.45) is 8.27. The fourth-order valence-electron chi connectivity index (χ4n) is 3.45. The fraction of sp³-hybridized carbons (Fsp3) is 0.471. The number of rotatable bonds is 5. The molecule has 0 saturated heterocycles. The first kappa shape index (κ1) is 14.3. The normalized spacial score (nSPS) is 19.2. The lowest BCUT2D eigenvalue weighted by Gasteiger charge is -2.31. The molecule has 0 fully saturated rings. The van der Waals surface area contributed by atoms with Crippen LogP contribution in [-0.4, -0.2) is 15.6 Å². The summed E-state index contributed by atoms with van der Waals surface area (Å²) in [5.41, 5.74) is 6.02. The standard InChI is InChI=1S/C17H24N4/c1-2-21-10-9-19-17(21)12-16(20-18)15-8-7-13-5-3-4-6-14(13)11-15/h3-6,9-10,15-16,20H,2,7-8,11-12,18H2,1H3. The molecule has 3 N–H and O–H groups in total. The molecule has 1 aromatic carbocycles. The second-order valence-electron chi connectivity index (χ2n) is 5.88. The largest absolute Gasteiger partial charge is 0.335 e. The number of nitrogens with zero attached hydrogens (tertiary/aromatic N) is 2. The minimum Gasteiger partial charge on any atom is -0.335 e. The topological polar surface area (TPSA) is 55.9 Å². The van der Waals surface area contributed by atoms with E-state index in [9.17, 15) is 0 Å². The Hall–Kier alpha value is -1.65. The van der Waals surface area contributed by atoms with Crippen LogP contribution in [0.15, 0.2) is 36.7 Å². The van der Waals surface area contributed by atoms with E-state index in [0.717, 1.165) is 31.6 Å². The molecule has 3 rings (SSSR count). The highest BCUT2D eigenvalue weighted by Crippen LogP contribution is 2.28. The van der Waals surface area contributed by atoms with E-state index in [1.54, 1.807) is 0 Å². The van der Waals surface area contributed by atoms with Crippen LogP contribution in [0.4, 0.5) is 0 Å². The van der Waals surface area contributed by atoms with E-state index in [0.29, 0.717) is 5.92 Å². The Morgan fingerprint density at radius 2 is 2.19 bits per heavy atom. The number of hydrogen-bond donors (Lipinski definition) is 2. The van der Waals surface area contributed by atoms with Crippen LogP contribution in [0.1, 0.15) is 30.3 Å². The quantitative estimate of drug-likeness (QED) is 0.653. The molecule has 4 heteroatoms. The number of imidazole rings is 1. The molecule has 4 nitrogen and oxygen atoms in total. The molecular formula is C17H24N4. The number of benzene rings is 1. The number of aromatic nitrogens is 2. The number of aryl methyl sites for hydroxylation is 2. The van der Waals surface area contributed by atoms with Gasteiger partial charge in [-0.05, 0) is 43.2 Å². The second kappa shape index (κ2) is 6.41. The van der Waals surface area contributed by atoms with Gasteiger partial charge < -0.3 is 4.57 Å². The average molecular weight is 284 g/mol. The van der Waals surface area contributed by atoms with Crippen molar-refractivity contribution in [2.24, 2.45) is 11.8 Å². The molecular weight excluding hydrogens is 260 g/mol. The first-order valence-corrected chi connectivity index (χ1v) is 7.84. The zero-order chi connectivity index (χ0) is 14.7. The summed E-state index contributed by atoms with van der Waals surface area (Å²) >= 11 is 0. The van der Waals surface area contributed by atoms with Crippen LogP contribution in [0.3, 0.4) is 0 Å². The summed E-state index contributed by atoms with van der Waals surface area (Å²) in [7, 11) is 0. The van der Waals surface area contributed by atoms with Gasteiger partial charge in [0.2, 0.25) is 0 Å². The minimum absolute atomic E-state index is 0.283. The van der Waals surface area contributed by atoms with Gasteiger partial charge in [-0.25, -0.2) is 4.98 Å². The fourth-order valence-corrected chi connectivity index (χ4v) is 3.45. The molecule has 0 bridgehead atoms. The van der Waals surface area contributed by atoms with E-state index in [2.05, 4.69) is 46.2 Å². The van der Waals surface area contributed by atoms with Crippen molar-refractivity contribution in [3.05, 3.63) is 53.6 Å². The van der Waals surface area contributed by atoms with Gasteiger partial charge in [-0.1, -0.05) is 24.3 Å². The number of hydrogen-bond acceptors (Lipinski definition) is 3. The van der Waals surface area contributed by atoms with Gasteiger partial charge in [0.05, 0.1) is 0 Å². The van der Waals surface area contributed by atoms with E-state index >= 15 is 0 Å². The molecule has 2 atom stereocenters. The zero-order valence-corrected chi connectivity index (χ0v) is 12.6. The highest BCUT2D eigenvalue weighted by atomic mass is 15.2. The molecule has 1 aliphatic rings. The Labute approximate surface area is 126 Å². The van der Waals surface area contributed by atoms with Crippen molar-refractivity contribution in [3.63, 3.8) is 0 Å². The lowest BCUT2D eigenvalue weighted by Crippen LogP contribution is -2.44. The van der Waals surface area contributed by atoms with Crippen molar-refractivity contribution in [2.45, 2.75) is 45.2 Å². The van der Waals surface area contributed by atoms with Crippen molar-refractivity contribution in [1.29, 1.82) is 0 Å². The van der Waals surface area contributed by atoms with Gasteiger partial charge in [0.25, 0.3) is 0 Å². The Bertz CT molecular complexity index is 590. The summed E-state index contributed by atoms with van der Waals surface area (Å²) in [4.78, 5) is 4.48. The predicted molar refractivity (Wildman–Crippen MR) is 84.7 cm³/mol. The third-order valence-corrected chi connectivity index (χ3v) is 4.71. The van der Waals surface area contributed by atoms with E-state index < -0.39 is 0 Å². The van der Waals surface area contributed by atoms with E-state index in [-0.39, 0.29) is 6.04 Å². The first-order valence-electron chi connectivity index (χ1n) is 7.84. The number of nitrogens with one attached hydrogen (secondary N) is 1. The van der Waals surface area contributed by atoms with Crippen LogP contribution in [-0.2, 0) is 25.8 Å². The van der Waals surface area contributed by atoms with Gasteiger partial charge in [0, 0.05) is 31.4 Å². The van der Waals surface area contributed by atoms with Crippen molar-refractivity contribution >= 4 is 0 Å². The molecule has 0 spiro atoms. The van der Waals surface area contributed by atoms with Crippen molar-refractivity contribution in [3.8, 4) is 0 Å². The molecule has 0 saturated carbocycles. The molecule has 2 unspecified atom stereocenters. The Kier molecular flexibility index (Phi) is 4.36. The molecule has 1 heterocycles. The highest BCUT2D eigenvalue weighted by molar-refractivity contribution is 5.30. The van der Waals surface area contributed by atoms with Crippen LogP contribution < -0.4 is 11.3 Å². The van der Waals surface area contributed by atoms with Gasteiger partial charge >= 0.3 is 0 Å². The smallest absolute Gasteiger partial charge is 0.110 e. The Balaban J connectivity index is 1.73. The molecule has 0 amide bonds. The van der Waals surface area contributed by atoms with Crippen molar-refractivity contribution < 1.29 is 0 Å². The highest BCUT2D eigenvalue weighted by Gasteiger charge is 2.26. The third kappa shape index (κ3) is 3.01. The predicted octanol–water partition coefficient (Wildman–Crippen LogP) is 2.08. The van der Waals surface area contributed by atoms with Crippen molar-refractivity contribution in [2.75, 3.05) is 0 Å². The Morgan fingerprint density at radius 3 is 2.95 bits per heavy atom. The van der Waals surface area contributed by atoms with E-state index in [1.165, 1.54) is 17.5 Å². The molecule has 1 aromatic heterocycles. The summed E-state index contributed by atoms with van der Waals surface area (Å²) in [6.45, 7) is 3.10. The van der Waals surface area contributed by atoms with Crippen LogP contribution in [0, 0.1) is 5.92 Å². The lowest BCUT2D eigenvalue weighted by atomic mass is 9.79. The van der Waals surface area contributed by atoms with E-state index in [4.69, 9.17) is 5.84 Å². The molecule has 0 aliphatic heterocycles. The maximum atomic E-state index is 5.84. The second-order valence-corrected chi connectivity index (χ2v) is 5.88. The summed E-state index contributed by atoms with van der Waals surface area (Å²) in [5, 5.41) is 0. The average Bonchev–Trinajstić information content (AvgIpc) is 2.99.